The molecule has 2 rings (SSSR count). The highest BCUT2D eigenvalue weighted by atomic mass is 16.5. The van der Waals surface area contributed by atoms with E-state index in [0.29, 0.717) is 18.9 Å². The van der Waals surface area contributed by atoms with Crippen LogP contribution in [0.4, 0.5) is 0 Å². The van der Waals surface area contributed by atoms with Crippen molar-refractivity contribution in [3.05, 3.63) is 11.8 Å². The van der Waals surface area contributed by atoms with Crippen molar-refractivity contribution >= 4 is 5.78 Å². The lowest BCUT2D eigenvalue weighted by molar-refractivity contribution is -0.128. The Kier molecular flexibility index (Phi) is 3.24. The molecule has 0 bridgehead atoms. The number of rotatable bonds is 2. The monoisotopic (exact) mass is 233 g/mol. The van der Waals surface area contributed by atoms with Gasteiger partial charge in [-0.2, -0.15) is 5.26 Å². The molecule has 0 aliphatic heterocycles. The van der Waals surface area contributed by atoms with E-state index in [1.165, 1.54) is 0 Å². The van der Waals surface area contributed by atoms with Gasteiger partial charge in [-0.05, 0) is 25.2 Å². The Morgan fingerprint density at radius 3 is 3.06 bits per heavy atom. The van der Waals surface area contributed by atoms with Gasteiger partial charge in [0, 0.05) is 12.5 Å². The fourth-order valence-electron chi connectivity index (χ4n) is 3.29. The van der Waals surface area contributed by atoms with Crippen LogP contribution in [0.25, 0.3) is 0 Å². The normalized spacial score (nSPS) is 36.8. The summed E-state index contributed by atoms with van der Waals surface area (Å²) in [6.07, 6.45) is 5.11. The second-order valence-corrected chi connectivity index (χ2v) is 5.17. The Morgan fingerprint density at radius 2 is 2.41 bits per heavy atom. The van der Waals surface area contributed by atoms with Crippen LogP contribution in [-0.2, 0) is 9.53 Å². The number of ether oxygens (including phenoxy) is 1. The van der Waals surface area contributed by atoms with E-state index in [1.54, 1.807) is 6.08 Å². The van der Waals surface area contributed by atoms with Crippen LogP contribution in [0.2, 0.25) is 0 Å². The number of hydrogen-bond donors (Lipinski definition) is 0. The summed E-state index contributed by atoms with van der Waals surface area (Å²) in [6.45, 7) is 4.65. The maximum absolute atomic E-state index is 12.2. The largest absolute Gasteiger partial charge is 0.498 e. The van der Waals surface area contributed by atoms with Crippen molar-refractivity contribution in [1.82, 2.24) is 0 Å². The van der Waals surface area contributed by atoms with E-state index in [4.69, 9.17) is 4.74 Å². The van der Waals surface area contributed by atoms with Crippen molar-refractivity contribution in [3.63, 3.8) is 0 Å². The van der Waals surface area contributed by atoms with E-state index >= 15 is 0 Å². The Labute approximate surface area is 102 Å². The number of hydrogen-bond acceptors (Lipinski definition) is 3. The van der Waals surface area contributed by atoms with E-state index in [0.717, 1.165) is 25.0 Å². The van der Waals surface area contributed by atoms with E-state index in [2.05, 4.69) is 13.0 Å². The highest BCUT2D eigenvalue weighted by Crippen LogP contribution is 2.50. The molecule has 0 spiro atoms. The van der Waals surface area contributed by atoms with Gasteiger partial charge in [0.15, 0.2) is 5.78 Å². The van der Waals surface area contributed by atoms with Gasteiger partial charge in [-0.3, -0.25) is 4.79 Å². The summed E-state index contributed by atoms with van der Waals surface area (Å²) in [5.41, 5.74) is -0.766. The number of ketones is 1. The molecule has 0 N–H and O–H groups in total. The first-order valence-corrected chi connectivity index (χ1v) is 6.43. The second-order valence-electron chi connectivity index (χ2n) is 5.17. The quantitative estimate of drug-likeness (QED) is 0.737. The number of carbonyl (C=O) groups excluding carboxylic acids is 1. The van der Waals surface area contributed by atoms with Crippen molar-refractivity contribution < 1.29 is 9.53 Å². The van der Waals surface area contributed by atoms with Crippen molar-refractivity contribution in [1.29, 1.82) is 5.26 Å². The highest BCUT2D eigenvalue weighted by Gasteiger charge is 2.51. The average Bonchev–Trinajstić information content (AvgIpc) is 2.31. The maximum Gasteiger partial charge on any atom is 0.179 e. The van der Waals surface area contributed by atoms with Gasteiger partial charge in [-0.25, -0.2) is 0 Å². The molecular formula is C14H19NO2. The maximum atomic E-state index is 12.2. The van der Waals surface area contributed by atoms with Crippen LogP contribution in [0.3, 0.4) is 0 Å². The summed E-state index contributed by atoms with van der Waals surface area (Å²) in [7, 11) is 0. The first-order chi connectivity index (χ1) is 8.14. The fraction of sp³-hybridized carbons (Fsp3) is 0.714. The van der Waals surface area contributed by atoms with Gasteiger partial charge in [-0.15, -0.1) is 0 Å². The van der Waals surface area contributed by atoms with E-state index < -0.39 is 5.41 Å². The second kappa shape index (κ2) is 4.52. The zero-order chi connectivity index (χ0) is 12.5. The lowest BCUT2D eigenvalue weighted by Crippen LogP contribution is -2.45. The van der Waals surface area contributed by atoms with Gasteiger partial charge < -0.3 is 4.74 Å². The summed E-state index contributed by atoms with van der Waals surface area (Å²) in [4.78, 5) is 12.2. The molecule has 1 saturated carbocycles. The van der Waals surface area contributed by atoms with Crippen LogP contribution >= 0.6 is 0 Å². The molecule has 17 heavy (non-hydrogen) atoms. The van der Waals surface area contributed by atoms with Gasteiger partial charge in [0.2, 0.25) is 0 Å². The van der Waals surface area contributed by atoms with Gasteiger partial charge in [-0.1, -0.05) is 19.8 Å². The third-order valence-electron chi connectivity index (χ3n) is 4.23. The van der Waals surface area contributed by atoms with E-state index in [9.17, 15) is 10.1 Å². The lowest BCUT2D eigenvalue weighted by Gasteiger charge is -2.43. The molecule has 3 nitrogen and oxygen atoms in total. The fourth-order valence-corrected chi connectivity index (χ4v) is 3.29. The highest BCUT2D eigenvalue weighted by molar-refractivity contribution is 5.98. The number of carbonyl (C=O) groups is 1. The van der Waals surface area contributed by atoms with E-state index in [-0.39, 0.29) is 11.7 Å². The molecule has 0 saturated heterocycles. The van der Waals surface area contributed by atoms with Crippen molar-refractivity contribution in [2.24, 2.45) is 17.3 Å². The standard InChI is InChI=1S/C14H19NO2/c1-3-17-11-7-12-10(2)5-4-6-14(12,9-15)13(16)8-11/h8,10,12H,3-7H2,1-2H3/t10-,12+,14-/m0/s1. The molecular weight excluding hydrogens is 214 g/mol. The molecule has 1 fully saturated rings. The summed E-state index contributed by atoms with van der Waals surface area (Å²) in [5, 5.41) is 9.44. The number of nitrogens with zero attached hydrogens (tertiary/aromatic N) is 1. The van der Waals surface area contributed by atoms with E-state index in [1.807, 2.05) is 6.92 Å². The Bertz CT molecular complexity index is 394. The Balaban J connectivity index is 2.35. The topological polar surface area (TPSA) is 50.1 Å². The van der Waals surface area contributed by atoms with Crippen molar-refractivity contribution in [2.45, 2.75) is 39.5 Å². The molecule has 92 valence electrons. The van der Waals surface area contributed by atoms with Gasteiger partial charge in [0.05, 0.1) is 18.4 Å². The van der Waals surface area contributed by atoms with Crippen molar-refractivity contribution in [2.75, 3.05) is 6.61 Å². The third-order valence-corrected chi connectivity index (χ3v) is 4.23. The minimum absolute atomic E-state index is 0.0359. The van der Waals surface area contributed by atoms with Crippen LogP contribution in [0, 0.1) is 28.6 Å². The molecule has 2 aliphatic carbocycles. The molecule has 3 atom stereocenters. The Hall–Kier alpha value is -1.30. The van der Waals surface area contributed by atoms with Gasteiger partial charge in [0.25, 0.3) is 0 Å². The van der Waals surface area contributed by atoms with Crippen LogP contribution in [0.5, 0.6) is 0 Å². The number of fused-ring (bicyclic) bond motifs is 1. The zero-order valence-corrected chi connectivity index (χ0v) is 10.5. The molecule has 0 aromatic carbocycles. The predicted molar refractivity (Wildman–Crippen MR) is 63.9 cm³/mol. The Morgan fingerprint density at radius 1 is 1.65 bits per heavy atom. The van der Waals surface area contributed by atoms with Crippen LogP contribution < -0.4 is 0 Å². The predicted octanol–water partition coefficient (Wildman–Crippen LogP) is 2.83. The number of allylic oxidation sites excluding steroid dienone is 2. The molecule has 0 radical (unpaired) electrons. The lowest BCUT2D eigenvalue weighted by atomic mass is 9.57. The molecule has 0 amide bonds. The van der Waals surface area contributed by atoms with Crippen LogP contribution in [-0.4, -0.2) is 12.4 Å². The molecule has 0 heterocycles. The first-order valence-electron chi connectivity index (χ1n) is 6.43. The SMILES string of the molecule is CCOC1=CC(=O)[C@]2(C#N)CCC[C@H](C)[C@H]2C1. The summed E-state index contributed by atoms with van der Waals surface area (Å²) < 4.78 is 5.47. The molecule has 0 unspecified atom stereocenters. The van der Waals surface area contributed by atoms with Gasteiger partial charge in [0.1, 0.15) is 5.41 Å². The minimum Gasteiger partial charge on any atom is -0.498 e. The third kappa shape index (κ3) is 1.86. The average molecular weight is 233 g/mol. The number of nitriles is 1. The summed E-state index contributed by atoms with van der Waals surface area (Å²) >= 11 is 0. The zero-order valence-electron chi connectivity index (χ0n) is 10.5. The van der Waals surface area contributed by atoms with Crippen LogP contribution in [0.15, 0.2) is 11.8 Å². The first kappa shape index (κ1) is 12.2. The minimum atomic E-state index is -0.766. The van der Waals surface area contributed by atoms with Gasteiger partial charge >= 0.3 is 0 Å². The molecule has 0 aromatic rings. The summed E-state index contributed by atoms with van der Waals surface area (Å²) in [5.74, 6) is 1.30. The molecule has 0 aromatic heterocycles. The van der Waals surface area contributed by atoms with Crippen molar-refractivity contribution in [3.8, 4) is 6.07 Å². The molecule has 2 aliphatic rings. The molecule has 3 heteroatoms. The summed E-state index contributed by atoms with van der Waals surface area (Å²) in [6, 6.07) is 2.31. The van der Waals surface area contributed by atoms with Crippen LogP contribution in [0.1, 0.15) is 39.5 Å². The smallest absolute Gasteiger partial charge is 0.179 e.